The zero-order valence-corrected chi connectivity index (χ0v) is 18.1. The third kappa shape index (κ3) is 4.05. The lowest BCUT2D eigenvalue weighted by molar-refractivity contribution is -0.151. The molecule has 4 rings (SSSR count). The van der Waals surface area contributed by atoms with Gasteiger partial charge in [0.1, 0.15) is 12.0 Å². The molecule has 1 aliphatic heterocycles. The van der Waals surface area contributed by atoms with Crippen molar-refractivity contribution in [3.05, 3.63) is 46.1 Å². The Morgan fingerprint density at radius 1 is 1.14 bits per heavy atom. The summed E-state index contributed by atoms with van der Waals surface area (Å²) in [6.45, 7) is 6.08. The SMILES string of the molecule is CC1=NC2=C(C(=O)CC(C)(C)C2)[C@@H](c2ccc(Cl)cc2)C1C(=O)OC1CCCC1. The Bertz CT molecular complexity index is 891. The molecule has 1 unspecified atom stereocenters. The van der Waals surface area contributed by atoms with Gasteiger partial charge >= 0.3 is 5.97 Å². The molecule has 0 amide bonds. The highest BCUT2D eigenvalue weighted by atomic mass is 35.5. The summed E-state index contributed by atoms with van der Waals surface area (Å²) in [6.07, 6.45) is 5.22. The normalized spacial score (nSPS) is 26.9. The molecule has 3 aliphatic rings. The summed E-state index contributed by atoms with van der Waals surface area (Å²) in [7, 11) is 0. The van der Waals surface area contributed by atoms with E-state index in [9.17, 15) is 9.59 Å². The van der Waals surface area contributed by atoms with E-state index in [0.717, 1.165) is 49.1 Å². The van der Waals surface area contributed by atoms with Crippen molar-refractivity contribution in [1.29, 1.82) is 0 Å². The summed E-state index contributed by atoms with van der Waals surface area (Å²) in [5.41, 5.74) is 3.04. The van der Waals surface area contributed by atoms with E-state index >= 15 is 0 Å². The van der Waals surface area contributed by atoms with Gasteiger partial charge < -0.3 is 4.74 Å². The molecule has 0 spiro atoms. The highest BCUT2D eigenvalue weighted by molar-refractivity contribution is 6.30. The van der Waals surface area contributed by atoms with E-state index in [1.165, 1.54) is 0 Å². The average molecular weight is 414 g/mol. The Morgan fingerprint density at radius 3 is 2.45 bits per heavy atom. The lowest BCUT2D eigenvalue weighted by Gasteiger charge is -2.39. The number of Topliss-reactive ketones (excluding diaryl/α,β-unsaturated/α-hetero) is 1. The fraction of sp³-hybridized carbons (Fsp3) is 0.542. The van der Waals surface area contributed by atoms with Gasteiger partial charge in [-0.15, -0.1) is 0 Å². The first-order valence-corrected chi connectivity index (χ1v) is 10.9. The highest BCUT2D eigenvalue weighted by Gasteiger charge is 2.46. The third-order valence-electron chi connectivity index (χ3n) is 6.37. The number of nitrogens with zero attached hydrogens (tertiary/aromatic N) is 1. The van der Waals surface area contributed by atoms with Crippen LogP contribution in [0.25, 0.3) is 0 Å². The Kier molecular flexibility index (Phi) is 5.41. The van der Waals surface area contributed by atoms with Crippen LogP contribution in [0.2, 0.25) is 5.02 Å². The predicted molar refractivity (Wildman–Crippen MR) is 114 cm³/mol. The highest BCUT2D eigenvalue weighted by Crippen LogP contribution is 2.48. The van der Waals surface area contributed by atoms with Gasteiger partial charge in [-0.2, -0.15) is 0 Å². The Morgan fingerprint density at radius 2 is 1.79 bits per heavy atom. The lowest BCUT2D eigenvalue weighted by Crippen LogP contribution is -2.40. The topological polar surface area (TPSA) is 55.7 Å². The van der Waals surface area contributed by atoms with Gasteiger partial charge in [-0.1, -0.05) is 37.6 Å². The van der Waals surface area contributed by atoms with Crippen LogP contribution < -0.4 is 0 Å². The number of ketones is 1. The number of halogens is 1. The van der Waals surface area contributed by atoms with Gasteiger partial charge in [0, 0.05) is 34.3 Å². The minimum Gasteiger partial charge on any atom is -0.462 e. The molecule has 5 heteroatoms. The van der Waals surface area contributed by atoms with Crippen LogP contribution >= 0.6 is 11.6 Å². The van der Waals surface area contributed by atoms with E-state index in [1.54, 1.807) is 0 Å². The van der Waals surface area contributed by atoms with Crippen molar-refractivity contribution in [2.45, 2.75) is 71.3 Å². The van der Waals surface area contributed by atoms with Gasteiger partial charge in [-0.05, 0) is 62.1 Å². The van der Waals surface area contributed by atoms with Crippen LogP contribution in [0, 0.1) is 11.3 Å². The van der Waals surface area contributed by atoms with E-state index in [0.29, 0.717) is 17.0 Å². The molecule has 2 atom stereocenters. The smallest absolute Gasteiger partial charge is 0.315 e. The monoisotopic (exact) mass is 413 g/mol. The van der Waals surface area contributed by atoms with Crippen LogP contribution in [-0.4, -0.2) is 23.6 Å². The summed E-state index contributed by atoms with van der Waals surface area (Å²) < 4.78 is 5.87. The van der Waals surface area contributed by atoms with Crippen LogP contribution in [0.3, 0.4) is 0 Å². The number of rotatable bonds is 3. The zero-order chi connectivity index (χ0) is 20.8. The summed E-state index contributed by atoms with van der Waals surface area (Å²) in [5.74, 6) is -1.11. The number of carbonyl (C=O) groups excluding carboxylic acids is 2. The number of benzene rings is 1. The van der Waals surface area contributed by atoms with Gasteiger partial charge in [0.05, 0.1) is 0 Å². The van der Waals surface area contributed by atoms with E-state index in [-0.39, 0.29) is 29.2 Å². The molecule has 2 aliphatic carbocycles. The van der Waals surface area contributed by atoms with Crippen molar-refractivity contribution < 1.29 is 14.3 Å². The molecule has 1 aromatic rings. The van der Waals surface area contributed by atoms with E-state index in [1.807, 2.05) is 31.2 Å². The van der Waals surface area contributed by atoms with E-state index in [2.05, 4.69) is 13.8 Å². The quantitative estimate of drug-likeness (QED) is 0.602. The minimum absolute atomic E-state index is 0.0162. The molecule has 154 valence electrons. The Labute approximate surface area is 177 Å². The first-order chi connectivity index (χ1) is 13.7. The van der Waals surface area contributed by atoms with Crippen molar-refractivity contribution in [3.63, 3.8) is 0 Å². The lowest BCUT2D eigenvalue weighted by atomic mass is 9.67. The van der Waals surface area contributed by atoms with Gasteiger partial charge in [-0.25, -0.2) is 0 Å². The standard InChI is InChI=1S/C24H28ClNO3/c1-14-20(23(28)29-17-6-4-5-7-17)21(15-8-10-16(25)11-9-15)22-18(26-14)12-24(2,3)13-19(22)27/h8-11,17,20-21H,4-7,12-13H2,1-3H3/t20?,21-/m0/s1. The average Bonchev–Trinajstić information content (AvgIpc) is 3.13. The van der Waals surface area contributed by atoms with E-state index in [4.69, 9.17) is 21.3 Å². The summed E-state index contributed by atoms with van der Waals surface area (Å²) in [4.78, 5) is 31.2. The fourth-order valence-corrected chi connectivity index (χ4v) is 5.15. The molecule has 0 bridgehead atoms. The predicted octanol–water partition coefficient (Wildman–Crippen LogP) is 5.64. The largest absolute Gasteiger partial charge is 0.462 e. The maximum Gasteiger partial charge on any atom is 0.315 e. The molecule has 1 fully saturated rings. The van der Waals surface area contributed by atoms with Crippen molar-refractivity contribution in [3.8, 4) is 0 Å². The Balaban J connectivity index is 1.77. The number of esters is 1. The van der Waals surface area contributed by atoms with Crippen LogP contribution in [0.1, 0.15) is 70.8 Å². The number of ether oxygens (including phenoxy) is 1. The molecule has 1 saturated carbocycles. The zero-order valence-electron chi connectivity index (χ0n) is 17.3. The summed E-state index contributed by atoms with van der Waals surface area (Å²) in [5, 5.41) is 0.630. The molecule has 0 saturated heterocycles. The fourth-order valence-electron chi connectivity index (χ4n) is 5.02. The number of carbonyl (C=O) groups is 2. The minimum atomic E-state index is -0.569. The number of hydrogen-bond acceptors (Lipinski definition) is 4. The maximum atomic E-state index is 13.3. The molecule has 0 N–H and O–H groups in total. The number of aliphatic imine (C=N–C) groups is 1. The molecular weight excluding hydrogens is 386 g/mol. The Hall–Kier alpha value is -1.94. The third-order valence-corrected chi connectivity index (χ3v) is 6.62. The molecule has 0 aromatic heterocycles. The molecule has 1 heterocycles. The van der Waals surface area contributed by atoms with Crippen LogP contribution in [-0.2, 0) is 14.3 Å². The summed E-state index contributed by atoms with van der Waals surface area (Å²) >= 11 is 6.10. The van der Waals surface area contributed by atoms with Crippen molar-refractivity contribution in [2.75, 3.05) is 0 Å². The summed E-state index contributed by atoms with van der Waals surface area (Å²) in [6, 6.07) is 7.46. The van der Waals surface area contributed by atoms with Crippen molar-refractivity contribution in [1.82, 2.24) is 0 Å². The van der Waals surface area contributed by atoms with Crippen molar-refractivity contribution in [2.24, 2.45) is 16.3 Å². The van der Waals surface area contributed by atoms with Gasteiger partial charge in [0.15, 0.2) is 5.78 Å². The van der Waals surface area contributed by atoms with E-state index < -0.39 is 5.92 Å². The van der Waals surface area contributed by atoms with Gasteiger partial charge in [-0.3, -0.25) is 14.6 Å². The number of allylic oxidation sites excluding steroid dienone is 2. The van der Waals surface area contributed by atoms with Crippen molar-refractivity contribution >= 4 is 29.1 Å². The second-order valence-corrected chi connectivity index (χ2v) is 9.84. The van der Waals surface area contributed by atoms with Crippen LogP contribution in [0.5, 0.6) is 0 Å². The first kappa shape index (κ1) is 20.3. The maximum absolute atomic E-state index is 13.3. The van der Waals surface area contributed by atoms with Gasteiger partial charge in [0.2, 0.25) is 0 Å². The van der Waals surface area contributed by atoms with Crippen LogP contribution in [0.15, 0.2) is 40.5 Å². The van der Waals surface area contributed by atoms with Crippen LogP contribution in [0.4, 0.5) is 0 Å². The second-order valence-electron chi connectivity index (χ2n) is 9.40. The molecule has 4 nitrogen and oxygen atoms in total. The second kappa shape index (κ2) is 7.71. The first-order valence-electron chi connectivity index (χ1n) is 10.5. The molecule has 29 heavy (non-hydrogen) atoms. The van der Waals surface area contributed by atoms with Gasteiger partial charge in [0.25, 0.3) is 0 Å². The molecule has 1 aromatic carbocycles. The molecular formula is C24H28ClNO3. The molecule has 0 radical (unpaired) electrons. The number of hydrogen-bond donors (Lipinski definition) is 0.